The van der Waals surface area contributed by atoms with Crippen LogP contribution in [-0.4, -0.2) is 35.8 Å². The molecular weight excluding hydrogens is 454 g/mol. The summed E-state index contributed by atoms with van der Waals surface area (Å²) >= 11 is 9.12. The topological polar surface area (TPSA) is 101 Å². The van der Waals surface area contributed by atoms with Gasteiger partial charge < -0.3 is 14.1 Å². The van der Waals surface area contributed by atoms with Crippen LogP contribution in [0.15, 0.2) is 45.5 Å². The number of nitrogens with zero attached hydrogens (tertiary/aromatic N) is 1. The Hall–Kier alpha value is -2.52. The number of halogens is 2. The van der Waals surface area contributed by atoms with E-state index in [0.717, 1.165) is 0 Å². The molecular formula is C18H17BrClN3O5. The van der Waals surface area contributed by atoms with Gasteiger partial charge >= 0.3 is 0 Å². The fourth-order valence-corrected chi connectivity index (χ4v) is 3.49. The number of hydrazine groups is 1. The molecule has 2 heterocycles. The molecule has 0 radical (unpaired) electrons. The van der Waals surface area contributed by atoms with E-state index in [1.54, 1.807) is 35.2 Å². The first-order chi connectivity index (χ1) is 13.4. The molecule has 28 heavy (non-hydrogen) atoms. The van der Waals surface area contributed by atoms with E-state index in [4.69, 9.17) is 20.8 Å². The van der Waals surface area contributed by atoms with Crippen molar-refractivity contribution < 1.29 is 23.5 Å². The van der Waals surface area contributed by atoms with Crippen LogP contribution in [-0.2, 0) is 20.9 Å². The SMILES string of the molecule is O=C(COc1ccc(Cl)cc1Br)NNC(=O)C1CC(=O)N(Cc2ccco2)C1. The molecule has 1 saturated heterocycles. The molecule has 1 unspecified atom stereocenters. The quantitative estimate of drug-likeness (QED) is 0.631. The zero-order chi connectivity index (χ0) is 20.1. The number of carbonyl (C=O) groups is 3. The minimum absolute atomic E-state index is 0.0800. The second kappa shape index (κ2) is 9.11. The average molecular weight is 471 g/mol. The molecule has 0 bridgehead atoms. The number of hydrogen-bond donors (Lipinski definition) is 2. The van der Waals surface area contributed by atoms with Gasteiger partial charge in [0, 0.05) is 18.0 Å². The predicted octanol–water partition coefficient (Wildman–Crippen LogP) is 2.27. The normalized spacial score (nSPS) is 16.1. The van der Waals surface area contributed by atoms with Gasteiger partial charge in [0.25, 0.3) is 5.91 Å². The smallest absolute Gasteiger partial charge is 0.276 e. The molecule has 1 atom stereocenters. The Morgan fingerprint density at radius 2 is 2.14 bits per heavy atom. The van der Waals surface area contributed by atoms with Crippen LogP contribution < -0.4 is 15.6 Å². The lowest BCUT2D eigenvalue weighted by atomic mass is 10.1. The molecule has 3 rings (SSSR count). The lowest BCUT2D eigenvalue weighted by Gasteiger charge is -2.15. The van der Waals surface area contributed by atoms with E-state index in [-0.39, 0.29) is 25.5 Å². The average Bonchev–Trinajstić information content (AvgIpc) is 3.29. The molecule has 10 heteroatoms. The minimum atomic E-state index is -0.547. The molecule has 0 saturated carbocycles. The molecule has 1 aromatic carbocycles. The number of nitrogens with one attached hydrogen (secondary N) is 2. The van der Waals surface area contributed by atoms with Gasteiger partial charge in [-0.15, -0.1) is 0 Å². The molecule has 148 valence electrons. The second-order valence-electron chi connectivity index (χ2n) is 6.16. The van der Waals surface area contributed by atoms with Crippen molar-refractivity contribution in [2.75, 3.05) is 13.2 Å². The standard InChI is InChI=1S/C18H17BrClN3O5/c19-14-7-12(20)3-4-15(14)28-10-16(24)21-22-18(26)11-6-17(25)23(8-11)9-13-2-1-5-27-13/h1-5,7,11H,6,8-10H2,(H,21,24)(H,22,26). The monoisotopic (exact) mass is 469 g/mol. The van der Waals surface area contributed by atoms with Gasteiger partial charge in [-0.05, 0) is 46.3 Å². The van der Waals surface area contributed by atoms with Crippen LogP contribution in [0.2, 0.25) is 5.02 Å². The summed E-state index contributed by atoms with van der Waals surface area (Å²) in [6, 6.07) is 8.39. The number of rotatable bonds is 6. The highest BCUT2D eigenvalue weighted by molar-refractivity contribution is 9.10. The maximum atomic E-state index is 12.2. The third kappa shape index (κ3) is 5.26. The van der Waals surface area contributed by atoms with Crippen molar-refractivity contribution in [2.24, 2.45) is 5.92 Å². The van der Waals surface area contributed by atoms with Gasteiger partial charge in [0.05, 0.1) is 23.2 Å². The van der Waals surface area contributed by atoms with E-state index in [0.29, 0.717) is 27.5 Å². The van der Waals surface area contributed by atoms with E-state index in [1.165, 1.54) is 6.26 Å². The Labute approximate surface area is 174 Å². The van der Waals surface area contributed by atoms with Crippen LogP contribution in [0.3, 0.4) is 0 Å². The Kier molecular flexibility index (Phi) is 6.58. The summed E-state index contributed by atoms with van der Waals surface area (Å²) in [6.45, 7) is 0.274. The van der Waals surface area contributed by atoms with Crippen molar-refractivity contribution in [2.45, 2.75) is 13.0 Å². The number of carbonyl (C=O) groups excluding carboxylic acids is 3. The van der Waals surface area contributed by atoms with Gasteiger partial charge in [-0.3, -0.25) is 25.2 Å². The molecule has 1 aliphatic heterocycles. The van der Waals surface area contributed by atoms with Crippen molar-refractivity contribution in [3.63, 3.8) is 0 Å². The maximum Gasteiger partial charge on any atom is 0.276 e. The van der Waals surface area contributed by atoms with Gasteiger partial charge in [0.2, 0.25) is 11.8 Å². The molecule has 2 aromatic rings. The van der Waals surface area contributed by atoms with Gasteiger partial charge in [-0.2, -0.15) is 0 Å². The summed E-state index contributed by atoms with van der Waals surface area (Å²) in [5.74, 6) is -0.565. The van der Waals surface area contributed by atoms with Crippen LogP contribution in [0.1, 0.15) is 12.2 Å². The van der Waals surface area contributed by atoms with E-state index in [2.05, 4.69) is 26.8 Å². The van der Waals surface area contributed by atoms with Gasteiger partial charge in [0.15, 0.2) is 6.61 Å². The lowest BCUT2D eigenvalue weighted by Crippen LogP contribution is -2.46. The number of furan rings is 1. The third-order valence-corrected chi connectivity index (χ3v) is 4.94. The van der Waals surface area contributed by atoms with Crippen LogP contribution in [0.4, 0.5) is 0 Å². The second-order valence-corrected chi connectivity index (χ2v) is 7.45. The highest BCUT2D eigenvalue weighted by atomic mass is 79.9. The zero-order valence-corrected chi connectivity index (χ0v) is 17.0. The summed E-state index contributed by atoms with van der Waals surface area (Å²) < 4.78 is 11.2. The minimum Gasteiger partial charge on any atom is -0.483 e. The first-order valence-corrected chi connectivity index (χ1v) is 9.56. The Bertz CT molecular complexity index is 874. The van der Waals surface area contributed by atoms with Crippen molar-refractivity contribution >= 4 is 45.3 Å². The molecule has 0 spiro atoms. The fourth-order valence-electron chi connectivity index (χ4n) is 2.70. The first-order valence-electron chi connectivity index (χ1n) is 8.39. The number of likely N-dealkylation sites (tertiary alicyclic amines) is 1. The van der Waals surface area contributed by atoms with Crippen LogP contribution in [0.5, 0.6) is 5.75 Å². The van der Waals surface area contributed by atoms with Crippen molar-refractivity contribution in [3.05, 3.63) is 51.9 Å². The maximum absolute atomic E-state index is 12.2. The van der Waals surface area contributed by atoms with Crippen molar-refractivity contribution in [3.8, 4) is 5.75 Å². The Balaban J connectivity index is 1.42. The summed E-state index contributed by atoms with van der Waals surface area (Å²) in [4.78, 5) is 37.7. The molecule has 1 aromatic heterocycles. The molecule has 1 aliphatic rings. The van der Waals surface area contributed by atoms with Gasteiger partial charge in [-0.1, -0.05) is 11.6 Å². The highest BCUT2D eigenvalue weighted by Crippen LogP contribution is 2.27. The molecule has 0 aliphatic carbocycles. The van der Waals surface area contributed by atoms with E-state index >= 15 is 0 Å². The number of hydrogen-bond acceptors (Lipinski definition) is 5. The molecule has 8 nitrogen and oxygen atoms in total. The molecule has 1 fully saturated rings. The lowest BCUT2D eigenvalue weighted by molar-refractivity contribution is -0.132. The first kappa shape index (κ1) is 20.2. The number of ether oxygens (including phenoxy) is 1. The summed E-state index contributed by atoms with van der Waals surface area (Å²) in [5.41, 5.74) is 4.61. The molecule has 3 amide bonds. The summed E-state index contributed by atoms with van der Waals surface area (Å²) in [5, 5.41) is 0.531. The highest BCUT2D eigenvalue weighted by Gasteiger charge is 2.34. The Morgan fingerprint density at radius 1 is 1.32 bits per heavy atom. The Morgan fingerprint density at radius 3 is 2.86 bits per heavy atom. The predicted molar refractivity (Wildman–Crippen MR) is 103 cm³/mol. The largest absolute Gasteiger partial charge is 0.483 e. The van der Waals surface area contributed by atoms with Crippen LogP contribution in [0, 0.1) is 5.92 Å². The van der Waals surface area contributed by atoms with E-state index < -0.39 is 17.7 Å². The van der Waals surface area contributed by atoms with Gasteiger partial charge in [-0.25, -0.2) is 0 Å². The summed E-state index contributed by atoms with van der Waals surface area (Å²) in [6.07, 6.45) is 1.61. The molecule has 2 N–H and O–H groups in total. The third-order valence-electron chi connectivity index (χ3n) is 4.09. The summed E-state index contributed by atoms with van der Waals surface area (Å²) in [7, 11) is 0. The van der Waals surface area contributed by atoms with E-state index in [9.17, 15) is 14.4 Å². The number of benzene rings is 1. The van der Waals surface area contributed by atoms with Crippen molar-refractivity contribution in [1.82, 2.24) is 15.8 Å². The number of amides is 3. The van der Waals surface area contributed by atoms with Crippen LogP contribution >= 0.6 is 27.5 Å². The van der Waals surface area contributed by atoms with Crippen LogP contribution in [0.25, 0.3) is 0 Å². The van der Waals surface area contributed by atoms with Gasteiger partial charge in [0.1, 0.15) is 11.5 Å². The fraction of sp³-hybridized carbons (Fsp3) is 0.278. The zero-order valence-electron chi connectivity index (χ0n) is 14.6. The van der Waals surface area contributed by atoms with E-state index in [1.807, 2.05) is 0 Å². The van der Waals surface area contributed by atoms with Crippen molar-refractivity contribution in [1.29, 1.82) is 0 Å².